The molecule has 0 radical (unpaired) electrons. The maximum absolute atomic E-state index is 6.51. The number of hydrogen-bond acceptors (Lipinski definition) is 6. The summed E-state index contributed by atoms with van der Waals surface area (Å²) in [7, 11) is 1.76. The average Bonchev–Trinajstić information content (AvgIpc) is 2.82. The molecule has 4 aromatic rings. The van der Waals surface area contributed by atoms with E-state index in [0.29, 0.717) is 11.6 Å². The first-order chi connectivity index (χ1) is 15.9. The molecule has 0 aromatic carbocycles. The van der Waals surface area contributed by atoms with E-state index in [4.69, 9.17) is 11.6 Å². The molecule has 0 unspecified atom stereocenters. The number of allylic oxidation sites excluding steroid dienone is 2. The number of anilines is 1. The Morgan fingerprint density at radius 3 is 2.61 bits per heavy atom. The Morgan fingerprint density at radius 2 is 1.85 bits per heavy atom. The van der Waals surface area contributed by atoms with Crippen LogP contribution in [0.5, 0.6) is 0 Å². The number of nitrogens with zero attached hydrogens (tertiary/aromatic N) is 5. The Hall–Kier alpha value is -3.64. The number of aromatic nitrogens is 4. The van der Waals surface area contributed by atoms with Crippen LogP contribution in [-0.2, 0) is 6.54 Å². The van der Waals surface area contributed by atoms with Crippen molar-refractivity contribution in [3.63, 3.8) is 0 Å². The Labute approximate surface area is 198 Å². The molecular weight excluding hydrogens is 432 g/mol. The quantitative estimate of drug-likeness (QED) is 0.352. The molecule has 0 aliphatic rings. The normalized spacial score (nSPS) is 12.3. The van der Waals surface area contributed by atoms with Crippen LogP contribution in [0.3, 0.4) is 0 Å². The zero-order valence-corrected chi connectivity index (χ0v) is 19.9. The largest absolute Gasteiger partial charge is 0.365 e. The lowest BCUT2D eigenvalue weighted by molar-refractivity contribution is 1.08. The molecule has 166 valence electrons. The van der Waals surface area contributed by atoms with Gasteiger partial charge in [0, 0.05) is 60.7 Å². The third kappa shape index (κ3) is 5.23. The van der Waals surface area contributed by atoms with Crippen LogP contribution >= 0.6 is 11.6 Å². The number of hydrogen-bond donors (Lipinski definition) is 1. The molecule has 0 aliphatic carbocycles. The van der Waals surface area contributed by atoms with Gasteiger partial charge in [-0.15, -0.1) is 0 Å². The lowest BCUT2D eigenvalue weighted by atomic mass is 10.1. The minimum atomic E-state index is 0.544. The van der Waals surface area contributed by atoms with Gasteiger partial charge in [-0.05, 0) is 73.7 Å². The number of nitrogens with one attached hydrogen (secondary N) is 1. The SMILES string of the molecule is CN=C(C)C=C(C)c1ncc(CNc2nccc3cc(-c4ccnc(C)c4)ncc23)cc1Cl. The highest BCUT2D eigenvalue weighted by molar-refractivity contribution is 6.32. The number of aliphatic imine (C=N–C) groups is 1. The highest BCUT2D eigenvalue weighted by Crippen LogP contribution is 2.27. The molecular formula is C26H25ClN6. The van der Waals surface area contributed by atoms with Gasteiger partial charge in [0.1, 0.15) is 5.82 Å². The summed E-state index contributed by atoms with van der Waals surface area (Å²) < 4.78 is 0. The maximum Gasteiger partial charge on any atom is 0.135 e. The highest BCUT2D eigenvalue weighted by atomic mass is 35.5. The van der Waals surface area contributed by atoms with Crippen LogP contribution in [0.1, 0.15) is 30.8 Å². The summed E-state index contributed by atoms with van der Waals surface area (Å²) >= 11 is 6.51. The van der Waals surface area contributed by atoms with Gasteiger partial charge in [0.15, 0.2) is 0 Å². The smallest absolute Gasteiger partial charge is 0.135 e. The van der Waals surface area contributed by atoms with Crippen molar-refractivity contribution in [2.75, 3.05) is 12.4 Å². The van der Waals surface area contributed by atoms with Crippen LogP contribution in [0.2, 0.25) is 5.02 Å². The van der Waals surface area contributed by atoms with Crippen molar-refractivity contribution in [1.82, 2.24) is 19.9 Å². The van der Waals surface area contributed by atoms with Crippen molar-refractivity contribution in [3.05, 3.63) is 83.2 Å². The third-order valence-corrected chi connectivity index (χ3v) is 5.64. The summed E-state index contributed by atoms with van der Waals surface area (Å²) in [5.74, 6) is 0.767. The van der Waals surface area contributed by atoms with Crippen molar-refractivity contribution in [3.8, 4) is 11.3 Å². The second-order valence-electron chi connectivity index (χ2n) is 7.86. The molecule has 4 aromatic heterocycles. The third-order valence-electron chi connectivity index (χ3n) is 5.35. The number of rotatable bonds is 6. The van der Waals surface area contributed by atoms with Gasteiger partial charge in [-0.1, -0.05) is 11.6 Å². The summed E-state index contributed by atoms with van der Waals surface area (Å²) in [6.45, 7) is 6.45. The van der Waals surface area contributed by atoms with Gasteiger partial charge in [0.25, 0.3) is 0 Å². The first-order valence-electron chi connectivity index (χ1n) is 10.6. The lowest BCUT2D eigenvalue weighted by Crippen LogP contribution is -2.03. The number of aryl methyl sites for hydroxylation is 1. The molecule has 33 heavy (non-hydrogen) atoms. The zero-order valence-electron chi connectivity index (χ0n) is 19.1. The Kier molecular flexibility index (Phi) is 6.75. The molecule has 6 nitrogen and oxygen atoms in total. The minimum Gasteiger partial charge on any atom is -0.365 e. The van der Waals surface area contributed by atoms with Gasteiger partial charge in [0.2, 0.25) is 0 Å². The number of pyridine rings is 4. The van der Waals surface area contributed by atoms with E-state index in [0.717, 1.165) is 56.1 Å². The summed E-state index contributed by atoms with van der Waals surface area (Å²) in [5, 5.41) is 6.02. The van der Waals surface area contributed by atoms with Crippen LogP contribution in [0.4, 0.5) is 5.82 Å². The summed E-state index contributed by atoms with van der Waals surface area (Å²) in [5.41, 5.74) is 6.54. The molecule has 0 aliphatic heterocycles. The standard InChI is InChI=1S/C26H25ClN6/c1-16(9-17(2)28-4)25-23(27)11-19(13-32-25)14-33-26-22-15-31-24(12-20(22)5-8-30-26)21-6-7-29-18(3)10-21/h5-13,15H,14H2,1-4H3,(H,30,33). The molecule has 1 N–H and O–H groups in total. The summed E-state index contributed by atoms with van der Waals surface area (Å²) in [6.07, 6.45) is 9.26. The second-order valence-corrected chi connectivity index (χ2v) is 8.26. The topological polar surface area (TPSA) is 76.0 Å². The van der Waals surface area contributed by atoms with Crippen LogP contribution in [0.15, 0.2) is 66.2 Å². The predicted molar refractivity (Wildman–Crippen MR) is 137 cm³/mol. The van der Waals surface area contributed by atoms with E-state index < -0.39 is 0 Å². The number of halogens is 1. The van der Waals surface area contributed by atoms with E-state index >= 15 is 0 Å². The Bertz CT molecular complexity index is 1380. The molecule has 0 bridgehead atoms. The van der Waals surface area contributed by atoms with Gasteiger partial charge in [0.05, 0.1) is 16.4 Å². The molecule has 0 saturated carbocycles. The Morgan fingerprint density at radius 1 is 1.03 bits per heavy atom. The van der Waals surface area contributed by atoms with E-state index in [-0.39, 0.29) is 0 Å². The van der Waals surface area contributed by atoms with Crippen molar-refractivity contribution < 1.29 is 0 Å². The van der Waals surface area contributed by atoms with E-state index in [1.165, 1.54) is 0 Å². The molecule has 0 saturated heterocycles. The zero-order chi connectivity index (χ0) is 23.4. The molecule has 4 rings (SSSR count). The fourth-order valence-electron chi connectivity index (χ4n) is 3.57. The molecule has 7 heteroatoms. The van der Waals surface area contributed by atoms with Gasteiger partial charge in [-0.2, -0.15) is 0 Å². The van der Waals surface area contributed by atoms with E-state index in [1.807, 2.05) is 63.5 Å². The first kappa shape index (κ1) is 22.6. The Balaban J connectivity index is 1.55. The van der Waals surface area contributed by atoms with Crippen molar-refractivity contribution in [1.29, 1.82) is 0 Å². The molecule has 0 fully saturated rings. The fraction of sp³-hybridized carbons (Fsp3) is 0.192. The van der Waals surface area contributed by atoms with Crippen LogP contribution in [0, 0.1) is 6.92 Å². The second kappa shape index (κ2) is 9.88. The molecule has 0 atom stereocenters. The predicted octanol–water partition coefficient (Wildman–Crippen LogP) is 6.15. The minimum absolute atomic E-state index is 0.544. The summed E-state index contributed by atoms with van der Waals surface area (Å²) in [4.78, 5) is 22.1. The van der Waals surface area contributed by atoms with Gasteiger partial charge < -0.3 is 5.32 Å². The van der Waals surface area contributed by atoms with Crippen molar-refractivity contribution in [2.24, 2.45) is 4.99 Å². The van der Waals surface area contributed by atoms with Gasteiger partial charge in [-0.25, -0.2) is 4.98 Å². The number of fused-ring (bicyclic) bond motifs is 1. The molecule has 0 amide bonds. The maximum atomic E-state index is 6.51. The van der Waals surface area contributed by atoms with Crippen LogP contribution < -0.4 is 5.32 Å². The fourth-order valence-corrected chi connectivity index (χ4v) is 3.91. The van der Waals surface area contributed by atoms with Crippen molar-refractivity contribution in [2.45, 2.75) is 27.3 Å². The van der Waals surface area contributed by atoms with E-state index in [9.17, 15) is 0 Å². The highest BCUT2D eigenvalue weighted by Gasteiger charge is 2.09. The van der Waals surface area contributed by atoms with Gasteiger partial charge in [-0.3, -0.25) is 19.9 Å². The van der Waals surface area contributed by atoms with Crippen LogP contribution in [-0.4, -0.2) is 32.7 Å². The monoisotopic (exact) mass is 456 g/mol. The average molecular weight is 457 g/mol. The van der Waals surface area contributed by atoms with E-state index in [2.05, 4.69) is 36.3 Å². The van der Waals surface area contributed by atoms with Gasteiger partial charge >= 0.3 is 0 Å². The molecule has 0 spiro atoms. The van der Waals surface area contributed by atoms with E-state index in [1.54, 1.807) is 19.4 Å². The van der Waals surface area contributed by atoms with Crippen LogP contribution in [0.25, 0.3) is 27.6 Å². The lowest BCUT2D eigenvalue weighted by Gasteiger charge is -2.11. The molecule has 4 heterocycles. The summed E-state index contributed by atoms with van der Waals surface area (Å²) in [6, 6.07) is 9.99. The first-order valence-corrected chi connectivity index (χ1v) is 11.0. The van der Waals surface area contributed by atoms with Crippen molar-refractivity contribution >= 4 is 39.5 Å².